The summed E-state index contributed by atoms with van der Waals surface area (Å²) in [5.41, 5.74) is 11.8. The van der Waals surface area contributed by atoms with Crippen molar-refractivity contribution in [3.63, 3.8) is 0 Å². The topological polar surface area (TPSA) is 3.24 Å². The van der Waals surface area contributed by atoms with Gasteiger partial charge in [0.15, 0.2) is 0 Å². The SMILES string of the molecule is CCC1CCc2ccc3ccccc3c2-c2c1cccc2N(c1ccccc1)c1ccc(-c2ccccc2)cc1. The van der Waals surface area contributed by atoms with Crippen molar-refractivity contribution in [2.24, 2.45) is 0 Å². The minimum atomic E-state index is 0.527. The molecular formula is C39H33N. The van der Waals surface area contributed by atoms with Crippen LogP contribution >= 0.6 is 0 Å². The molecule has 0 radical (unpaired) electrons. The highest BCUT2D eigenvalue weighted by Gasteiger charge is 2.28. The molecule has 0 saturated heterocycles. The molecule has 1 aliphatic carbocycles. The van der Waals surface area contributed by atoms with Gasteiger partial charge in [-0.3, -0.25) is 0 Å². The summed E-state index contributed by atoms with van der Waals surface area (Å²) in [6.07, 6.45) is 3.42. The molecule has 194 valence electrons. The number of aryl methyl sites for hydroxylation is 1. The molecule has 1 heteroatoms. The van der Waals surface area contributed by atoms with Crippen molar-refractivity contribution >= 4 is 27.8 Å². The van der Waals surface area contributed by atoms with Crippen molar-refractivity contribution in [3.8, 4) is 22.3 Å². The Labute approximate surface area is 237 Å². The number of rotatable bonds is 5. The largest absolute Gasteiger partial charge is 0.310 e. The van der Waals surface area contributed by atoms with Gasteiger partial charge in [-0.25, -0.2) is 0 Å². The van der Waals surface area contributed by atoms with Crippen molar-refractivity contribution < 1.29 is 0 Å². The Morgan fingerprint density at radius 3 is 2.02 bits per heavy atom. The predicted molar refractivity (Wildman–Crippen MR) is 171 cm³/mol. The van der Waals surface area contributed by atoms with E-state index in [1.54, 1.807) is 0 Å². The van der Waals surface area contributed by atoms with E-state index >= 15 is 0 Å². The summed E-state index contributed by atoms with van der Waals surface area (Å²) >= 11 is 0. The van der Waals surface area contributed by atoms with Gasteiger partial charge in [-0.15, -0.1) is 0 Å². The van der Waals surface area contributed by atoms with Crippen LogP contribution in [0.2, 0.25) is 0 Å². The molecule has 6 aromatic rings. The van der Waals surface area contributed by atoms with Gasteiger partial charge in [0.2, 0.25) is 0 Å². The normalized spacial score (nSPS) is 14.3. The molecular weight excluding hydrogens is 482 g/mol. The Bertz CT molecular complexity index is 1770. The third-order valence-corrected chi connectivity index (χ3v) is 8.52. The summed E-state index contributed by atoms with van der Waals surface area (Å²) in [5.74, 6) is 0.527. The van der Waals surface area contributed by atoms with E-state index in [-0.39, 0.29) is 0 Å². The maximum absolute atomic E-state index is 2.46. The number of benzene rings is 6. The lowest BCUT2D eigenvalue weighted by Gasteiger charge is -2.30. The maximum Gasteiger partial charge on any atom is 0.0543 e. The van der Waals surface area contributed by atoms with Crippen LogP contribution in [0, 0.1) is 0 Å². The summed E-state index contributed by atoms with van der Waals surface area (Å²) in [4.78, 5) is 2.46. The number of anilines is 3. The van der Waals surface area contributed by atoms with Crippen LogP contribution in [0.25, 0.3) is 33.0 Å². The Morgan fingerprint density at radius 2 is 1.25 bits per heavy atom. The molecule has 0 heterocycles. The standard InChI is InChI=1S/C39H33N/c1-2-28-20-22-32-23-21-31-14-9-10-17-36(31)38(32)39-35(28)18-11-19-37(39)40(33-15-7-4-8-16-33)34-26-24-30(25-27-34)29-12-5-3-6-13-29/h3-19,21,23-28H,2,20,22H2,1H3. The third-order valence-electron chi connectivity index (χ3n) is 8.52. The fourth-order valence-corrected chi connectivity index (χ4v) is 6.52. The van der Waals surface area contributed by atoms with Crippen molar-refractivity contribution in [1.82, 2.24) is 0 Å². The number of fused-ring (bicyclic) bond motifs is 5. The molecule has 0 aromatic heterocycles. The van der Waals surface area contributed by atoms with Crippen LogP contribution in [0.3, 0.4) is 0 Å². The summed E-state index contributed by atoms with van der Waals surface area (Å²) in [7, 11) is 0. The first kappa shape index (κ1) is 24.4. The first-order chi connectivity index (χ1) is 19.8. The van der Waals surface area contributed by atoms with E-state index in [1.807, 2.05) is 0 Å². The van der Waals surface area contributed by atoms with E-state index in [9.17, 15) is 0 Å². The second-order valence-corrected chi connectivity index (χ2v) is 10.8. The predicted octanol–water partition coefficient (Wildman–Crippen LogP) is 11.1. The first-order valence-corrected chi connectivity index (χ1v) is 14.5. The molecule has 0 bridgehead atoms. The molecule has 40 heavy (non-hydrogen) atoms. The Kier molecular flexibility index (Phi) is 6.42. The van der Waals surface area contributed by atoms with Crippen LogP contribution in [0.15, 0.2) is 140 Å². The summed E-state index contributed by atoms with van der Waals surface area (Å²) in [6, 6.07) is 51.0. The van der Waals surface area contributed by atoms with Gasteiger partial charge in [0.25, 0.3) is 0 Å². The van der Waals surface area contributed by atoms with Crippen molar-refractivity contribution in [1.29, 1.82) is 0 Å². The van der Waals surface area contributed by atoms with Gasteiger partial charge >= 0.3 is 0 Å². The minimum absolute atomic E-state index is 0.527. The van der Waals surface area contributed by atoms with Crippen LogP contribution in [0.4, 0.5) is 17.1 Å². The van der Waals surface area contributed by atoms with Gasteiger partial charge in [-0.05, 0) is 94.1 Å². The molecule has 0 N–H and O–H groups in total. The molecule has 0 amide bonds. The zero-order chi connectivity index (χ0) is 26.9. The van der Waals surface area contributed by atoms with Gasteiger partial charge in [0.05, 0.1) is 5.69 Å². The lowest BCUT2D eigenvalue weighted by atomic mass is 9.86. The van der Waals surface area contributed by atoms with Gasteiger partial charge < -0.3 is 4.90 Å². The fourth-order valence-electron chi connectivity index (χ4n) is 6.52. The molecule has 0 spiro atoms. The third kappa shape index (κ3) is 4.28. The molecule has 0 fully saturated rings. The molecule has 1 nitrogen and oxygen atoms in total. The van der Waals surface area contributed by atoms with Gasteiger partial charge in [-0.1, -0.05) is 116 Å². The highest BCUT2D eigenvalue weighted by molar-refractivity contribution is 6.04. The number of para-hydroxylation sites is 1. The van der Waals surface area contributed by atoms with Gasteiger partial charge in [0, 0.05) is 16.9 Å². The maximum atomic E-state index is 2.46. The zero-order valence-electron chi connectivity index (χ0n) is 22.9. The number of hydrogen-bond donors (Lipinski definition) is 0. The number of hydrogen-bond acceptors (Lipinski definition) is 1. The lowest BCUT2D eigenvalue weighted by molar-refractivity contribution is 0.613. The smallest absolute Gasteiger partial charge is 0.0543 e. The van der Waals surface area contributed by atoms with Gasteiger partial charge in [0.1, 0.15) is 0 Å². The van der Waals surface area contributed by atoms with E-state index in [4.69, 9.17) is 0 Å². The molecule has 6 aromatic carbocycles. The van der Waals surface area contributed by atoms with Crippen LogP contribution < -0.4 is 4.90 Å². The second kappa shape index (κ2) is 10.5. The Morgan fingerprint density at radius 1 is 0.575 bits per heavy atom. The molecule has 7 rings (SSSR count). The van der Waals surface area contributed by atoms with Crippen LogP contribution in [0.5, 0.6) is 0 Å². The summed E-state index contributed by atoms with van der Waals surface area (Å²) in [6.45, 7) is 2.34. The fraction of sp³-hybridized carbons (Fsp3) is 0.128. The average Bonchev–Trinajstić information content (AvgIpc) is 3.20. The van der Waals surface area contributed by atoms with Crippen LogP contribution in [0.1, 0.15) is 36.8 Å². The van der Waals surface area contributed by atoms with Crippen molar-refractivity contribution in [2.45, 2.75) is 32.1 Å². The molecule has 1 unspecified atom stereocenters. The van der Waals surface area contributed by atoms with E-state index in [1.165, 1.54) is 67.6 Å². The average molecular weight is 516 g/mol. The quantitative estimate of drug-likeness (QED) is 0.221. The van der Waals surface area contributed by atoms with Crippen molar-refractivity contribution in [3.05, 3.63) is 151 Å². The lowest BCUT2D eigenvalue weighted by Crippen LogP contribution is -2.12. The van der Waals surface area contributed by atoms with Crippen molar-refractivity contribution in [2.75, 3.05) is 4.90 Å². The Balaban J connectivity index is 1.49. The molecule has 1 atom stereocenters. The molecule has 1 aliphatic rings. The van der Waals surface area contributed by atoms with Crippen LogP contribution in [-0.2, 0) is 6.42 Å². The highest BCUT2D eigenvalue weighted by Crippen LogP contribution is 2.50. The monoisotopic (exact) mass is 515 g/mol. The zero-order valence-corrected chi connectivity index (χ0v) is 22.9. The summed E-state index contributed by atoms with van der Waals surface area (Å²) < 4.78 is 0. The first-order valence-electron chi connectivity index (χ1n) is 14.5. The van der Waals surface area contributed by atoms with Gasteiger partial charge in [-0.2, -0.15) is 0 Å². The second-order valence-electron chi connectivity index (χ2n) is 10.8. The molecule has 0 aliphatic heterocycles. The number of nitrogens with zero attached hydrogens (tertiary/aromatic N) is 1. The van der Waals surface area contributed by atoms with E-state index < -0.39 is 0 Å². The highest BCUT2D eigenvalue weighted by atomic mass is 15.1. The molecule has 0 saturated carbocycles. The van der Waals surface area contributed by atoms with Crippen LogP contribution in [-0.4, -0.2) is 0 Å². The van der Waals surface area contributed by atoms with E-state index in [2.05, 4.69) is 151 Å². The minimum Gasteiger partial charge on any atom is -0.310 e. The van der Waals surface area contributed by atoms with E-state index in [0.717, 1.165) is 12.8 Å². The summed E-state index contributed by atoms with van der Waals surface area (Å²) in [5, 5.41) is 2.65. The Hall–Kier alpha value is -4.62. The van der Waals surface area contributed by atoms with E-state index in [0.29, 0.717) is 5.92 Å².